The molecule has 0 N–H and O–H groups in total. The molecule has 0 fully saturated rings. The van der Waals surface area contributed by atoms with Crippen molar-refractivity contribution in [3.05, 3.63) is 85.8 Å². The number of methoxy groups -OCH3 is 1. The van der Waals surface area contributed by atoms with Gasteiger partial charge in [0, 0.05) is 17.8 Å². The van der Waals surface area contributed by atoms with Crippen molar-refractivity contribution in [1.82, 2.24) is 0 Å². The minimum Gasteiger partial charge on any atom is -0.465 e. The molecule has 3 rings (SSSR count). The number of anilines is 1. The number of carbonyl (C=O) groups is 2. The highest BCUT2D eigenvalue weighted by Crippen LogP contribution is 2.36. The standard InChI is InChI=1S/C20H14ClFN2O5/c1-11-18(20(26)29-2)15(9-12-4-3-5-14(8-12)24(27)28)19(25)23(11)13-6-7-17(22)16(21)10-13/h3-10H,1-2H3/b15-9-. The van der Waals surface area contributed by atoms with Crippen molar-refractivity contribution in [2.24, 2.45) is 0 Å². The summed E-state index contributed by atoms with van der Waals surface area (Å²) < 4.78 is 18.3. The van der Waals surface area contributed by atoms with Gasteiger partial charge >= 0.3 is 5.97 Å². The summed E-state index contributed by atoms with van der Waals surface area (Å²) in [6.07, 6.45) is 1.37. The lowest BCUT2D eigenvalue weighted by molar-refractivity contribution is -0.384. The molecule has 2 aromatic rings. The van der Waals surface area contributed by atoms with E-state index >= 15 is 0 Å². The topological polar surface area (TPSA) is 89.8 Å². The molecule has 9 heteroatoms. The molecule has 0 aliphatic carbocycles. The Kier molecular flexibility index (Phi) is 5.47. The van der Waals surface area contributed by atoms with E-state index in [-0.39, 0.29) is 33.2 Å². The number of nitro benzene ring substituents is 1. The van der Waals surface area contributed by atoms with Crippen molar-refractivity contribution in [1.29, 1.82) is 0 Å². The third-order valence-electron chi connectivity index (χ3n) is 4.34. The van der Waals surface area contributed by atoms with Crippen LogP contribution in [0.25, 0.3) is 6.08 Å². The SMILES string of the molecule is COC(=O)C1=C(C)N(c2ccc(F)c(Cl)c2)C(=O)/C1=C\c1cccc([N+](=O)[O-])c1. The number of carbonyl (C=O) groups excluding carboxylic acids is 2. The van der Waals surface area contributed by atoms with Gasteiger partial charge in [-0.3, -0.25) is 19.8 Å². The maximum absolute atomic E-state index is 13.5. The van der Waals surface area contributed by atoms with Crippen molar-refractivity contribution in [2.75, 3.05) is 12.0 Å². The van der Waals surface area contributed by atoms with Crippen LogP contribution in [0, 0.1) is 15.9 Å². The van der Waals surface area contributed by atoms with Crippen LogP contribution in [-0.4, -0.2) is 23.9 Å². The second kappa shape index (κ2) is 7.84. The zero-order valence-electron chi connectivity index (χ0n) is 15.3. The molecule has 0 atom stereocenters. The summed E-state index contributed by atoms with van der Waals surface area (Å²) in [6, 6.07) is 9.36. The number of allylic oxidation sites excluding steroid dienone is 1. The van der Waals surface area contributed by atoms with Crippen LogP contribution in [0.2, 0.25) is 5.02 Å². The van der Waals surface area contributed by atoms with Gasteiger partial charge in [0.2, 0.25) is 0 Å². The number of amides is 1. The number of hydrogen-bond acceptors (Lipinski definition) is 5. The largest absolute Gasteiger partial charge is 0.465 e. The highest BCUT2D eigenvalue weighted by Gasteiger charge is 2.38. The monoisotopic (exact) mass is 416 g/mol. The normalized spacial score (nSPS) is 15.2. The number of esters is 1. The first-order chi connectivity index (χ1) is 13.7. The van der Waals surface area contributed by atoms with E-state index in [1.807, 2.05) is 0 Å². The summed E-state index contributed by atoms with van der Waals surface area (Å²) in [6.45, 7) is 1.54. The number of ether oxygens (including phenoxy) is 1. The van der Waals surface area contributed by atoms with Gasteiger partial charge < -0.3 is 4.74 Å². The summed E-state index contributed by atoms with van der Waals surface area (Å²) in [7, 11) is 1.18. The maximum atomic E-state index is 13.5. The van der Waals surface area contributed by atoms with Crippen LogP contribution in [-0.2, 0) is 14.3 Å². The first-order valence-corrected chi connectivity index (χ1v) is 8.67. The van der Waals surface area contributed by atoms with Gasteiger partial charge in [-0.05, 0) is 36.8 Å². The van der Waals surface area contributed by atoms with Crippen LogP contribution < -0.4 is 4.90 Å². The Bertz CT molecular complexity index is 1110. The molecule has 2 aromatic carbocycles. The molecule has 7 nitrogen and oxygen atoms in total. The van der Waals surface area contributed by atoms with Crippen molar-refractivity contribution >= 4 is 40.9 Å². The van der Waals surface area contributed by atoms with Gasteiger partial charge in [0.1, 0.15) is 5.82 Å². The smallest absolute Gasteiger partial charge is 0.340 e. The second-order valence-electron chi connectivity index (χ2n) is 6.10. The number of hydrogen-bond donors (Lipinski definition) is 0. The Morgan fingerprint density at radius 3 is 2.62 bits per heavy atom. The number of nitrogens with zero attached hydrogens (tertiary/aromatic N) is 2. The van der Waals surface area contributed by atoms with Crippen molar-refractivity contribution < 1.29 is 23.6 Å². The summed E-state index contributed by atoms with van der Waals surface area (Å²) in [4.78, 5) is 37.1. The minimum atomic E-state index is -0.747. The van der Waals surface area contributed by atoms with E-state index in [4.69, 9.17) is 16.3 Å². The second-order valence-corrected chi connectivity index (χ2v) is 6.51. The van der Waals surface area contributed by atoms with Crippen LogP contribution >= 0.6 is 11.6 Å². The molecule has 0 radical (unpaired) electrons. The van der Waals surface area contributed by atoms with Gasteiger partial charge in [-0.2, -0.15) is 0 Å². The number of benzene rings is 2. The highest BCUT2D eigenvalue weighted by atomic mass is 35.5. The van der Waals surface area contributed by atoms with Gasteiger partial charge in [-0.1, -0.05) is 23.7 Å². The summed E-state index contributed by atoms with van der Waals surface area (Å²) in [5, 5.41) is 10.8. The zero-order valence-corrected chi connectivity index (χ0v) is 16.1. The average Bonchev–Trinajstić information content (AvgIpc) is 2.93. The van der Waals surface area contributed by atoms with E-state index in [2.05, 4.69) is 0 Å². The molecule has 1 aliphatic heterocycles. The molecule has 0 saturated heterocycles. The molecule has 1 aliphatic rings. The molecule has 0 saturated carbocycles. The Balaban J connectivity index is 2.15. The fourth-order valence-electron chi connectivity index (χ4n) is 3.01. The fraction of sp³-hybridized carbons (Fsp3) is 0.100. The first kappa shape index (κ1) is 20.2. The van der Waals surface area contributed by atoms with Gasteiger partial charge in [0.05, 0.1) is 33.9 Å². The van der Waals surface area contributed by atoms with E-state index in [0.29, 0.717) is 5.56 Å². The predicted molar refractivity (Wildman–Crippen MR) is 105 cm³/mol. The molecule has 0 aromatic heterocycles. The number of nitro groups is 1. The first-order valence-electron chi connectivity index (χ1n) is 8.29. The molecule has 1 amide bonds. The quantitative estimate of drug-likeness (QED) is 0.321. The van der Waals surface area contributed by atoms with E-state index < -0.39 is 22.6 Å². The molecular formula is C20H14ClFN2O5. The minimum absolute atomic E-state index is 0.00412. The third-order valence-corrected chi connectivity index (χ3v) is 4.63. The van der Waals surface area contributed by atoms with E-state index in [1.54, 1.807) is 6.07 Å². The molecule has 29 heavy (non-hydrogen) atoms. The summed E-state index contributed by atoms with van der Waals surface area (Å²) in [5.74, 6) is -1.97. The maximum Gasteiger partial charge on any atom is 0.340 e. The Labute approximate surface area is 169 Å². The highest BCUT2D eigenvalue weighted by molar-refractivity contribution is 6.31. The summed E-state index contributed by atoms with van der Waals surface area (Å²) in [5.41, 5.74) is 0.728. The number of rotatable bonds is 4. The van der Waals surface area contributed by atoms with Crippen LogP contribution in [0.4, 0.5) is 15.8 Å². The third kappa shape index (κ3) is 3.74. The molecule has 0 bridgehead atoms. The fourth-order valence-corrected chi connectivity index (χ4v) is 3.18. The lowest BCUT2D eigenvalue weighted by Gasteiger charge is -2.18. The van der Waals surface area contributed by atoms with E-state index in [1.165, 1.54) is 55.3 Å². The van der Waals surface area contributed by atoms with Crippen molar-refractivity contribution in [3.63, 3.8) is 0 Å². The predicted octanol–water partition coefficient (Wildman–Crippen LogP) is 4.26. The van der Waals surface area contributed by atoms with Gasteiger partial charge in [0.15, 0.2) is 0 Å². The average molecular weight is 417 g/mol. The van der Waals surface area contributed by atoms with Crippen LogP contribution in [0.1, 0.15) is 12.5 Å². The Morgan fingerprint density at radius 2 is 2.00 bits per heavy atom. The Morgan fingerprint density at radius 1 is 1.28 bits per heavy atom. The lowest BCUT2D eigenvalue weighted by atomic mass is 10.0. The molecular weight excluding hydrogens is 403 g/mol. The van der Waals surface area contributed by atoms with E-state index in [9.17, 15) is 24.1 Å². The Hall–Kier alpha value is -3.52. The number of non-ortho nitro benzene ring substituents is 1. The van der Waals surface area contributed by atoms with Gasteiger partial charge in [0.25, 0.3) is 11.6 Å². The van der Waals surface area contributed by atoms with E-state index in [0.717, 1.165) is 6.07 Å². The van der Waals surface area contributed by atoms with Crippen LogP contribution in [0.3, 0.4) is 0 Å². The molecule has 0 unspecified atom stereocenters. The molecule has 148 valence electrons. The van der Waals surface area contributed by atoms with Gasteiger partial charge in [-0.25, -0.2) is 9.18 Å². The van der Waals surface area contributed by atoms with Crippen molar-refractivity contribution in [2.45, 2.75) is 6.92 Å². The van der Waals surface area contributed by atoms with Crippen molar-refractivity contribution in [3.8, 4) is 0 Å². The summed E-state index contributed by atoms with van der Waals surface area (Å²) >= 11 is 5.83. The molecule has 1 heterocycles. The zero-order chi connectivity index (χ0) is 21.3. The number of halogens is 2. The molecule has 0 spiro atoms. The van der Waals surface area contributed by atoms with Gasteiger partial charge in [-0.15, -0.1) is 0 Å². The van der Waals surface area contributed by atoms with Crippen LogP contribution in [0.5, 0.6) is 0 Å². The lowest BCUT2D eigenvalue weighted by Crippen LogP contribution is -2.24. The van der Waals surface area contributed by atoms with Crippen LogP contribution in [0.15, 0.2) is 59.3 Å².